The van der Waals surface area contributed by atoms with E-state index in [2.05, 4.69) is 20.8 Å². The van der Waals surface area contributed by atoms with Gasteiger partial charge in [0.05, 0.1) is 0 Å². The summed E-state index contributed by atoms with van der Waals surface area (Å²) >= 11 is 1.21. The first-order valence-corrected chi connectivity index (χ1v) is 9.52. The molecule has 1 aromatic heterocycles. The molecule has 3 rings (SSSR count). The number of benzene rings is 2. The van der Waals surface area contributed by atoms with Crippen LogP contribution in [0.15, 0.2) is 60.7 Å². The number of aromatic nitrogens is 2. The second kappa shape index (κ2) is 9.59. The van der Waals surface area contributed by atoms with Crippen LogP contribution in [0.4, 0.5) is 5.69 Å². The topological polar surface area (TPSA) is 84.0 Å². The number of nitrogens with zero attached hydrogens (tertiary/aromatic N) is 2. The standard InChI is InChI=1S/C20H20N4O2S/c25-17(21-14-13-15-7-3-1-4-8-15)11-12-18-23-24-20(27-18)19(26)22-16-9-5-2-6-10-16/h1-10H,11-14H2,(H,21,25)(H,22,26). The summed E-state index contributed by atoms with van der Waals surface area (Å²) in [5, 5.41) is 14.6. The molecule has 0 saturated heterocycles. The molecule has 0 radical (unpaired) electrons. The summed E-state index contributed by atoms with van der Waals surface area (Å²) in [6, 6.07) is 19.2. The maximum absolute atomic E-state index is 12.2. The zero-order valence-corrected chi connectivity index (χ0v) is 15.5. The van der Waals surface area contributed by atoms with E-state index in [1.807, 2.05) is 48.5 Å². The molecule has 0 atom stereocenters. The van der Waals surface area contributed by atoms with Crippen molar-refractivity contribution in [3.05, 3.63) is 76.2 Å². The van der Waals surface area contributed by atoms with E-state index < -0.39 is 0 Å². The van der Waals surface area contributed by atoms with Crippen molar-refractivity contribution in [1.82, 2.24) is 15.5 Å². The molecule has 2 amide bonds. The number of hydrogen-bond acceptors (Lipinski definition) is 5. The van der Waals surface area contributed by atoms with Gasteiger partial charge >= 0.3 is 0 Å². The zero-order chi connectivity index (χ0) is 18.9. The fourth-order valence-electron chi connectivity index (χ4n) is 2.45. The summed E-state index contributed by atoms with van der Waals surface area (Å²) < 4.78 is 0. The van der Waals surface area contributed by atoms with E-state index in [0.29, 0.717) is 35.1 Å². The highest BCUT2D eigenvalue weighted by Crippen LogP contribution is 2.14. The average molecular weight is 380 g/mol. The van der Waals surface area contributed by atoms with E-state index in [9.17, 15) is 9.59 Å². The van der Waals surface area contributed by atoms with Crippen molar-refractivity contribution < 1.29 is 9.59 Å². The molecule has 7 heteroatoms. The third-order valence-electron chi connectivity index (χ3n) is 3.84. The third-order valence-corrected chi connectivity index (χ3v) is 4.82. The Morgan fingerprint density at radius 1 is 0.889 bits per heavy atom. The van der Waals surface area contributed by atoms with Crippen LogP contribution in [-0.2, 0) is 17.6 Å². The Hall–Kier alpha value is -3.06. The maximum Gasteiger partial charge on any atom is 0.286 e. The molecular weight excluding hydrogens is 360 g/mol. The predicted octanol–water partition coefficient (Wildman–Crippen LogP) is 3.08. The van der Waals surface area contributed by atoms with E-state index in [-0.39, 0.29) is 11.8 Å². The summed E-state index contributed by atoms with van der Waals surface area (Å²) in [4.78, 5) is 24.1. The minimum atomic E-state index is -0.294. The molecule has 2 N–H and O–H groups in total. The Balaban J connectivity index is 1.41. The molecule has 1 heterocycles. The lowest BCUT2D eigenvalue weighted by Gasteiger charge is -2.04. The van der Waals surface area contributed by atoms with Gasteiger partial charge in [0, 0.05) is 25.1 Å². The van der Waals surface area contributed by atoms with Gasteiger partial charge in [-0.05, 0) is 24.1 Å². The smallest absolute Gasteiger partial charge is 0.286 e. The Morgan fingerprint density at radius 2 is 1.59 bits per heavy atom. The van der Waals surface area contributed by atoms with Gasteiger partial charge < -0.3 is 10.6 Å². The van der Waals surface area contributed by atoms with Crippen molar-refractivity contribution >= 4 is 28.8 Å². The van der Waals surface area contributed by atoms with E-state index in [4.69, 9.17) is 0 Å². The molecule has 3 aromatic rings. The van der Waals surface area contributed by atoms with Crippen LogP contribution in [0.25, 0.3) is 0 Å². The van der Waals surface area contributed by atoms with Crippen LogP contribution in [-0.4, -0.2) is 28.6 Å². The fraction of sp³-hybridized carbons (Fsp3) is 0.200. The van der Waals surface area contributed by atoms with Gasteiger partial charge in [-0.2, -0.15) is 0 Å². The molecule has 27 heavy (non-hydrogen) atoms. The van der Waals surface area contributed by atoms with Gasteiger partial charge in [0.15, 0.2) is 0 Å². The van der Waals surface area contributed by atoms with Gasteiger partial charge in [-0.25, -0.2) is 0 Å². The van der Waals surface area contributed by atoms with Crippen LogP contribution in [0.2, 0.25) is 0 Å². The number of amides is 2. The largest absolute Gasteiger partial charge is 0.356 e. The first kappa shape index (κ1) is 18.7. The molecule has 0 saturated carbocycles. The minimum absolute atomic E-state index is 0.0311. The van der Waals surface area contributed by atoms with Gasteiger partial charge in [0.1, 0.15) is 5.01 Å². The van der Waals surface area contributed by atoms with Crippen LogP contribution in [0.5, 0.6) is 0 Å². The van der Waals surface area contributed by atoms with Crippen molar-refractivity contribution in [2.24, 2.45) is 0 Å². The monoisotopic (exact) mass is 380 g/mol. The maximum atomic E-state index is 12.2. The van der Waals surface area contributed by atoms with Crippen LogP contribution in [0.3, 0.4) is 0 Å². The van der Waals surface area contributed by atoms with Crippen molar-refractivity contribution in [2.75, 3.05) is 11.9 Å². The Bertz CT molecular complexity index is 881. The second-order valence-electron chi connectivity index (χ2n) is 5.91. The fourth-order valence-corrected chi connectivity index (χ4v) is 3.19. The number of nitrogens with one attached hydrogen (secondary N) is 2. The van der Waals surface area contributed by atoms with Crippen molar-refractivity contribution in [3.63, 3.8) is 0 Å². The number of aryl methyl sites for hydroxylation is 1. The number of para-hydroxylation sites is 1. The number of anilines is 1. The van der Waals surface area contributed by atoms with E-state index in [1.165, 1.54) is 16.9 Å². The molecule has 2 aromatic carbocycles. The highest BCUT2D eigenvalue weighted by molar-refractivity contribution is 7.13. The first-order chi connectivity index (χ1) is 13.2. The summed E-state index contributed by atoms with van der Waals surface area (Å²) in [5.74, 6) is -0.325. The van der Waals surface area contributed by atoms with Crippen LogP contribution in [0.1, 0.15) is 26.8 Å². The van der Waals surface area contributed by atoms with Gasteiger partial charge in [-0.1, -0.05) is 59.9 Å². The van der Waals surface area contributed by atoms with Gasteiger partial charge in [0.2, 0.25) is 10.9 Å². The molecule has 0 spiro atoms. The van der Waals surface area contributed by atoms with Crippen molar-refractivity contribution in [3.8, 4) is 0 Å². The predicted molar refractivity (Wildman–Crippen MR) is 106 cm³/mol. The van der Waals surface area contributed by atoms with Gasteiger partial charge in [-0.3, -0.25) is 9.59 Å². The van der Waals surface area contributed by atoms with Crippen molar-refractivity contribution in [1.29, 1.82) is 0 Å². The lowest BCUT2D eigenvalue weighted by Crippen LogP contribution is -2.25. The number of carbonyl (C=O) groups is 2. The Kier molecular flexibility index (Phi) is 6.65. The summed E-state index contributed by atoms with van der Waals surface area (Å²) in [5.41, 5.74) is 1.90. The molecule has 0 bridgehead atoms. The lowest BCUT2D eigenvalue weighted by atomic mass is 10.1. The van der Waals surface area contributed by atoms with Crippen LogP contribution in [0, 0.1) is 0 Å². The number of carbonyl (C=O) groups excluding carboxylic acids is 2. The number of hydrogen-bond donors (Lipinski definition) is 2. The normalized spacial score (nSPS) is 10.4. The molecule has 0 fully saturated rings. The molecule has 0 aliphatic rings. The quantitative estimate of drug-likeness (QED) is 0.629. The Morgan fingerprint density at radius 3 is 2.33 bits per heavy atom. The first-order valence-electron chi connectivity index (χ1n) is 8.70. The zero-order valence-electron chi connectivity index (χ0n) is 14.7. The van der Waals surface area contributed by atoms with E-state index in [0.717, 1.165) is 6.42 Å². The van der Waals surface area contributed by atoms with Crippen LogP contribution >= 0.6 is 11.3 Å². The summed E-state index contributed by atoms with van der Waals surface area (Å²) in [6.07, 6.45) is 1.59. The van der Waals surface area contributed by atoms with Crippen molar-refractivity contribution in [2.45, 2.75) is 19.3 Å². The molecule has 138 valence electrons. The molecule has 0 unspecified atom stereocenters. The van der Waals surface area contributed by atoms with E-state index in [1.54, 1.807) is 12.1 Å². The summed E-state index contributed by atoms with van der Waals surface area (Å²) in [6.45, 7) is 0.601. The van der Waals surface area contributed by atoms with Crippen LogP contribution < -0.4 is 10.6 Å². The number of rotatable bonds is 8. The third kappa shape index (κ3) is 6.00. The molecule has 0 aliphatic carbocycles. The van der Waals surface area contributed by atoms with Gasteiger partial charge in [0.25, 0.3) is 5.91 Å². The highest BCUT2D eigenvalue weighted by atomic mass is 32.1. The second-order valence-corrected chi connectivity index (χ2v) is 6.97. The minimum Gasteiger partial charge on any atom is -0.356 e. The average Bonchev–Trinajstić information content (AvgIpc) is 3.17. The highest BCUT2D eigenvalue weighted by Gasteiger charge is 2.13. The van der Waals surface area contributed by atoms with Gasteiger partial charge in [-0.15, -0.1) is 10.2 Å². The molecule has 0 aliphatic heterocycles. The summed E-state index contributed by atoms with van der Waals surface area (Å²) in [7, 11) is 0. The molecular formula is C20H20N4O2S. The Labute approximate surface area is 161 Å². The SMILES string of the molecule is O=C(CCc1nnc(C(=O)Nc2ccccc2)s1)NCCc1ccccc1. The molecule has 6 nitrogen and oxygen atoms in total. The lowest BCUT2D eigenvalue weighted by molar-refractivity contribution is -0.121. The van der Waals surface area contributed by atoms with E-state index >= 15 is 0 Å².